The summed E-state index contributed by atoms with van der Waals surface area (Å²) in [6.07, 6.45) is 2.03. The van der Waals surface area contributed by atoms with Crippen LogP contribution >= 0.6 is 11.8 Å². The van der Waals surface area contributed by atoms with Crippen LogP contribution in [0.2, 0.25) is 0 Å². The van der Waals surface area contributed by atoms with Gasteiger partial charge < -0.3 is 9.67 Å². The van der Waals surface area contributed by atoms with Gasteiger partial charge in [-0.15, -0.1) is 11.8 Å². The van der Waals surface area contributed by atoms with Crippen LogP contribution in [0.3, 0.4) is 0 Å². The molecule has 7 heteroatoms. The van der Waals surface area contributed by atoms with E-state index < -0.39 is 10.8 Å². The molecule has 1 amide bonds. The second kappa shape index (κ2) is 3.75. The number of imidazole rings is 1. The molecule has 24 heavy (non-hydrogen) atoms. The number of amides is 1. The van der Waals surface area contributed by atoms with Gasteiger partial charge in [0.05, 0.1) is 17.5 Å². The predicted octanol–water partition coefficient (Wildman–Crippen LogP) is 1.84. The number of carboxylic acid groups (broad SMARTS) is 1. The van der Waals surface area contributed by atoms with Crippen molar-refractivity contribution in [1.29, 1.82) is 0 Å². The number of carbonyl (C=O) groups is 2. The van der Waals surface area contributed by atoms with E-state index >= 15 is 0 Å². The topological polar surface area (TPSA) is 75.4 Å². The molecule has 3 atom stereocenters. The number of rotatable bonds is 2. The molecular weight excluding hydrogens is 326 g/mol. The molecule has 1 aromatic carbocycles. The largest absolute Gasteiger partial charge is 0.477 e. The Kier molecular flexibility index (Phi) is 2.00. The van der Waals surface area contributed by atoms with Gasteiger partial charge in [0.25, 0.3) is 0 Å². The summed E-state index contributed by atoms with van der Waals surface area (Å²) in [5.41, 5.74) is 3.39. The number of carbonyl (C=O) groups excluding carboxylic acids is 1. The molecule has 3 aliphatic heterocycles. The van der Waals surface area contributed by atoms with Crippen molar-refractivity contribution >= 4 is 23.6 Å². The second-order valence-electron chi connectivity index (χ2n) is 6.58. The first kappa shape index (κ1) is 12.8. The zero-order valence-electron chi connectivity index (χ0n) is 12.3. The summed E-state index contributed by atoms with van der Waals surface area (Å²) in [5.74, 6) is -0.350. The third kappa shape index (κ3) is 1.20. The average molecular weight is 337 g/mol. The van der Waals surface area contributed by atoms with Gasteiger partial charge in [-0.05, 0) is 5.56 Å². The number of carboxylic acids is 1. The highest BCUT2D eigenvalue weighted by atomic mass is 32.2. The van der Waals surface area contributed by atoms with Crippen molar-refractivity contribution < 1.29 is 14.7 Å². The van der Waals surface area contributed by atoms with Gasteiger partial charge in [0.15, 0.2) is 0 Å². The lowest BCUT2D eigenvalue weighted by molar-refractivity contribution is -0.146. The molecule has 1 aliphatic carbocycles. The highest BCUT2D eigenvalue weighted by Gasteiger charge is 2.85. The first-order valence-electron chi connectivity index (χ1n) is 7.73. The summed E-state index contributed by atoms with van der Waals surface area (Å²) in [5, 5.41) is 10.8. The lowest BCUT2D eigenvalue weighted by Crippen LogP contribution is -2.50. The molecule has 1 aromatic heterocycles. The summed E-state index contributed by atoms with van der Waals surface area (Å²) >= 11 is 1.45. The minimum Gasteiger partial charge on any atom is -0.477 e. The standard InChI is InChI=1S/C17H11N3O3S/c21-15-13-12(17(13)20(15)11(7-24-17)16(22)23)10-6-19-5-8-3-1-2-4-9(8)14(19)18-10/h1-4,6-7,12-13H,5H2,(H,22,23). The summed E-state index contributed by atoms with van der Waals surface area (Å²) in [6, 6.07) is 8.20. The molecular formula is C17H11N3O3S. The van der Waals surface area contributed by atoms with Gasteiger partial charge in [-0.3, -0.25) is 9.69 Å². The number of β-lactam (4-membered cyclic amide) rings is 1. The van der Waals surface area contributed by atoms with Crippen LogP contribution in [0.5, 0.6) is 0 Å². The number of aromatic nitrogens is 2. The Morgan fingerprint density at radius 2 is 2.17 bits per heavy atom. The maximum absolute atomic E-state index is 12.3. The summed E-state index contributed by atoms with van der Waals surface area (Å²) < 4.78 is 2.12. The lowest BCUT2D eigenvalue weighted by atomic mass is 10.1. The van der Waals surface area contributed by atoms with E-state index in [4.69, 9.17) is 4.98 Å². The zero-order valence-corrected chi connectivity index (χ0v) is 13.2. The Hall–Kier alpha value is -2.54. The van der Waals surface area contributed by atoms with Gasteiger partial charge in [-0.25, -0.2) is 9.78 Å². The van der Waals surface area contributed by atoms with Crippen molar-refractivity contribution in [3.8, 4) is 11.4 Å². The van der Waals surface area contributed by atoms with Crippen LogP contribution < -0.4 is 0 Å². The van der Waals surface area contributed by atoms with Gasteiger partial charge in [0.2, 0.25) is 5.91 Å². The highest BCUT2D eigenvalue weighted by molar-refractivity contribution is 8.04. The van der Waals surface area contributed by atoms with Crippen molar-refractivity contribution in [2.24, 2.45) is 5.92 Å². The predicted molar refractivity (Wildman–Crippen MR) is 85.9 cm³/mol. The molecule has 6 nitrogen and oxygen atoms in total. The van der Waals surface area contributed by atoms with E-state index in [0.29, 0.717) is 0 Å². The van der Waals surface area contributed by atoms with Gasteiger partial charge in [0, 0.05) is 23.7 Å². The van der Waals surface area contributed by atoms with Crippen molar-refractivity contribution in [2.75, 3.05) is 0 Å². The number of hydrogen-bond donors (Lipinski definition) is 1. The summed E-state index contributed by atoms with van der Waals surface area (Å²) in [7, 11) is 0. The fourth-order valence-electron chi connectivity index (χ4n) is 4.41. The molecule has 2 fully saturated rings. The van der Waals surface area contributed by atoms with E-state index in [1.807, 2.05) is 18.3 Å². The first-order chi connectivity index (χ1) is 11.6. The van der Waals surface area contributed by atoms with Crippen LogP contribution in [0.15, 0.2) is 41.6 Å². The molecule has 4 aliphatic rings. The summed E-state index contributed by atoms with van der Waals surface area (Å²) in [4.78, 5) is 29.4. The molecule has 6 rings (SSSR count). The minimum atomic E-state index is -1.04. The van der Waals surface area contributed by atoms with E-state index in [1.165, 1.54) is 22.2 Å². The van der Waals surface area contributed by atoms with Gasteiger partial charge in [-0.2, -0.15) is 0 Å². The fraction of sp³-hybridized carbons (Fsp3) is 0.235. The average Bonchev–Trinajstić information content (AvgIpc) is 2.90. The Morgan fingerprint density at radius 3 is 3.00 bits per heavy atom. The van der Waals surface area contributed by atoms with Crippen LogP contribution in [0.4, 0.5) is 0 Å². The van der Waals surface area contributed by atoms with E-state index in [-0.39, 0.29) is 23.4 Å². The smallest absolute Gasteiger partial charge is 0.353 e. The van der Waals surface area contributed by atoms with Crippen LogP contribution in [0, 0.1) is 5.92 Å². The van der Waals surface area contributed by atoms with Crippen LogP contribution in [-0.4, -0.2) is 36.3 Å². The molecule has 4 heterocycles. The quantitative estimate of drug-likeness (QED) is 0.722. The van der Waals surface area contributed by atoms with Crippen molar-refractivity contribution in [3.05, 3.63) is 52.8 Å². The highest BCUT2D eigenvalue weighted by Crippen LogP contribution is 2.77. The Bertz CT molecular complexity index is 1010. The summed E-state index contributed by atoms with van der Waals surface area (Å²) in [6.45, 7) is 0.798. The molecule has 1 N–H and O–H groups in total. The van der Waals surface area contributed by atoms with Gasteiger partial charge in [0.1, 0.15) is 16.4 Å². The molecule has 118 valence electrons. The van der Waals surface area contributed by atoms with Gasteiger partial charge >= 0.3 is 5.97 Å². The first-order valence-corrected chi connectivity index (χ1v) is 8.61. The maximum atomic E-state index is 12.3. The Morgan fingerprint density at radius 1 is 1.33 bits per heavy atom. The SMILES string of the molecule is O=C(O)C1=CSC23C(C(=O)N12)C3c1cn2c(n1)-c1ccccc1C2. The Labute approximate surface area is 140 Å². The van der Waals surface area contributed by atoms with E-state index in [1.54, 1.807) is 5.41 Å². The molecule has 3 unspecified atom stereocenters. The molecule has 1 spiro atoms. The minimum absolute atomic E-state index is 0.0200. The number of fused-ring (bicyclic) bond motifs is 3. The third-order valence-electron chi connectivity index (χ3n) is 5.48. The van der Waals surface area contributed by atoms with Crippen LogP contribution in [0.25, 0.3) is 11.4 Å². The second-order valence-corrected chi connectivity index (χ2v) is 7.71. The van der Waals surface area contributed by atoms with E-state index in [0.717, 1.165) is 23.6 Å². The number of hydrogen-bond acceptors (Lipinski definition) is 4. The Balaban J connectivity index is 1.39. The third-order valence-corrected chi connectivity index (χ3v) is 6.89. The maximum Gasteiger partial charge on any atom is 0.353 e. The molecule has 2 aromatic rings. The van der Waals surface area contributed by atoms with E-state index in [9.17, 15) is 14.7 Å². The van der Waals surface area contributed by atoms with Crippen LogP contribution in [-0.2, 0) is 16.1 Å². The molecule has 0 bridgehead atoms. The zero-order chi connectivity index (χ0) is 16.2. The number of aliphatic carboxylic acids is 1. The number of benzene rings is 1. The van der Waals surface area contributed by atoms with Crippen molar-refractivity contribution in [1.82, 2.24) is 14.5 Å². The van der Waals surface area contributed by atoms with Crippen LogP contribution in [0.1, 0.15) is 17.2 Å². The van der Waals surface area contributed by atoms with Gasteiger partial charge in [-0.1, -0.05) is 24.3 Å². The monoisotopic (exact) mass is 337 g/mol. The normalized spacial score (nSPS) is 30.9. The fourth-order valence-corrected chi connectivity index (χ4v) is 5.93. The molecule has 1 saturated carbocycles. The molecule has 0 radical (unpaired) electrons. The number of thioether (sulfide) groups is 1. The van der Waals surface area contributed by atoms with Crippen molar-refractivity contribution in [2.45, 2.75) is 17.3 Å². The molecule has 1 saturated heterocycles. The lowest BCUT2D eigenvalue weighted by Gasteiger charge is -2.33. The van der Waals surface area contributed by atoms with Crippen molar-refractivity contribution in [3.63, 3.8) is 0 Å². The van der Waals surface area contributed by atoms with E-state index in [2.05, 4.69) is 16.7 Å². The number of nitrogens with zero attached hydrogens (tertiary/aromatic N) is 3.